The van der Waals surface area contributed by atoms with Crippen molar-refractivity contribution in [2.24, 2.45) is 11.1 Å². The van der Waals surface area contributed by atoms with Gasteiger partial charge in [-0.25, -0.2) is 0 Å². The van der Waals surface area contributed by atoms with E-state index in [1.165, 1.54) is 19.3 Å². The average Bonchev–Trinajstić information content (AvgIpc) is 2.16. The van der Waals surface area contributed by atoms with Crippen molar-refractivity contribution in [1.29, 1.82) is 0 Å². The van der Waals surface area contributed by atoms with Crippen molar-refractivity contribution >= 4 is 0 Å². The van der Waals surface area contributed by atoms with E-state index in [1.54, 1.807) is 0 Å². The van der Waals surface area contributed by atoms with E-state index in [4.69, 9.17) is 5.73 Å². The van der Waals surface area contributed by atoms with Crippen LogP contribution in [-0.2, 0) is 0 Å². The highest BCUT2D eigenvalue weighted by Crippen LogP contribution is 2.35. The molecule has 0 radical (unpaired) electrons. The van der Waals surface area contributed by atoms with Crippen molar-refractivity contribution in [2.45, 2.75) is 26.2 Å². The molecule has 1 aliphatic carbocycles. The Morgan fingerprint density at radius 3 is 2.44 bits per heavy atom. The summed E-state index contributed by atoms with van der Waals surface area (Å²) in [4.78, 5) is 0. The van der Waals surface area contributed by atoms with Gasteiger partial charge in [0.2, 0.25) is 0 Å². The molecule has 0 bridgehead atoms. The SMILES string of the molecule is CC1(CCN)CC=CC1. The van der Waals surface area contributed by atoms with E-state index in [2.05, 4.69) is 19.1 Å². The molecule has 0 aromatic rings. The molecule has 52 valence electrons. The van der Waals surface area contributed by atoms with Crippen molar-refractivity contribution < 1.29 is 0 Å². The van der Waals surface area contributed by atoms with Crippen LogP contribution in [-0.4, -0.2) is 6.54 Å². The molecule has 1 rings (SSSR count). The number of hydrogen-bond acceptors (Lipinski definition) is 1. The lowest BCUT2D eigenvalue weighted by molar-refractivity contribution is 0.328. The predicted molar refractivity (Wildman–Crippen MR) is 40.2 cm³/mol. The van der Waals surface area contributed by atoms with Gasteiger partial charge < -0.3 is 5.73 Å². The summed E-state index contributed by atoms with van der Waals surface area (Å²) in [5.74, 6) is 0. The Morgan fingerprint density at radius 2 is 2.00 bits per heavy atom. The van der Waals surface area contributed by atoms with Crippen LogP contribution in [0.3, 0.4) is 0 Å². The quantitative estimate of drug-likeness (QED) is 0.558. The number of allylic oxidation sites excluding steroid dienone is 2. The first-order valence-corrected chi connectivity index (χ1v) is 3.62. The van der Waals surface area contributed by atoms with Crippen molar-refractivity contribution in [2.75, 3.05) is 6.54 Å². The minimum Gasteiger partial charge on any atom is -0.330 e. The van der Waals surface area contributed by atoms with E-state index in [0.29, 0.717) is 5.41 Å². The van der Waals surface area contributed by atoms with E-state index in [0.717, 1.165) is 6.54 Å². The number of nitrogens with two attached hydrogens (primary N) is 1. The molecule has 1 heteroatoms. The van der Waals surface area contributed by atoms with Crippen molar-refractivity contribution in [1.82, 2.24) is 0 Å². The summed E-state index contributed by atoms with van der Waals surface area (Å²) in [6, 6.07) is 0. The third-order valence-corrected chi connectivity index (χ3v) is 2.14. The van der Waals surface area contributed by atoms with Crippen LogP contribution >= 0.6 is 0 Å². The lowest BCUT2D eigenvalue weighted by Crippen LogP contribution is -2.16. The molecule has 1 nitrogen and oxygen atoms in total. The standard InChI is InChI=1S/C8H15N/c1-8(6-7-9)4-2-3-5-8/h2-3H,4-7,9H2,1H3. The second-order valence-corrected chi connectivity index (χ2v) is 3.23. The maximum Gasteiger partial charge on any atom is -0.00719 e. The Bertz CT molecular complexity index is 108. The first-order chi connectivity index (χ1) is 4.27. The summed E-state index contributed by atoms with van der Waals surface area (Å²) in [7, 11) is 0. The zero-order valence-corrected chi connectivity index (χ0v) is 6.06. The van der Waals surface area contributed by atoms with Crippen molar-refractivity contribution in [3.05, 3.63) is 12.2 Å². The van der Waals surface area contributed by atoms with Gasteiger partial charge in [0.1, 0.15) is 0 Å². The summed E-state index contributed by atoms with van der Waals surface area (Å²) < 4.78 is 0. The van der Waals surface area contributed by atoms with Crippen LogP contribution in [0.2, 0.25) is 0 Å². The van der Waals surface area contributed by atoms with Gasteiger partial charge in [-0.05, 0) is 31.2 Å². The summed E-state index contributed by atoms with van der Waals surface area (Å²) in [6.07, 6.45) is 8.14. The highest BCUT2D eigenvalue weighted by molar-refractivity contribution is 5.00. The fourth-order valence-electron chi connectivity index (χ4n) is 1.37. The monoisotopic (exact) mass is 125 g/mol. The molecule has 0 saturated heterocycles. The molecular formula is C8H15N. The second kappa shape index (κ2) is 2.53. The van der Waals surface area contributed by atoms with Crippen LogP contribution in [0.25, 0.3) is 0 Å². The van der Waals surface area contributed by atoms with Gasteiger partial charge in [-0.3, -0.25) is 0 Å². The van der Waals surface area contributed by atoms with Gasteiger partial charge >= 0.3 is 0 Å². The third kappa shape index (κ3) is 1.55. The van der Waals surface area contributed by atoms with Crippen LogP contribution in [0.5, 0.6) is 0 Å². The van der Waals surface area contributed by atoms with Gasteiger partial charge in [0.25, 0.3) is 0 Å². The Morgan fingerprint density at radius 1 is 1.44 bits per heavy atom. The Kier molecular flexibility index (Phi) is 1.91. The normalized spacial score (nSPS) is 22.9. The van der Waals surface area contributed by atoms with Gasteiger partial charge in [-0.15, -0.1) is 0 Å². The average molecular weight is 125 g/mol. The largest absolute Gasteiger partial charge is 0.330 e. The van der Waals surface area contributed by atoms with E-state index >= 15 is 0 Å². The van der Waals surface area contributed by atoms with Gasteiger partial charge in [-0.1, -0.05) is 19.1 Å². The summed E-state index contributed by atoms with van der Waals surface area (Å²) >= 11 is 0. The Hall–Kier alpha value is -0.300. The molecule has 0 heterocycles. The van der Waals surface area contributed by atoms with Crippen LogP contribution < -0.4 is 5.73 Å². The second-order valence-electron chi connectivity index (χ2n) is 3.23. The van der Waals surface area contributed by atoms with E-state index in [1.807, 2.05) is 0 Å². The highest BCUT2D eigenvalue weighted by atomic mass is 14.5. The molecule has 0 unspecified atom stereocenters. The van der Waals surface area contributed by atoms with Crippen LogP contribution in [0, 0.1) is 5.41 Å². The molecule has 2 N–H and O–H groups in total. The zero-order chi connectivity index (χ0) is 6.74. The fraction of sp³-hybridized carbons (Fsp3) is 0.750. The van der Waals surface area contributed by atoms with Crippen LogP contribution in [0.15, 0.2) is 12.2 Å². The lowest BCUT2D eigenvalue weighted by Gasteiger charge is -2.21. The van der Waals surface area contributed by atoms with Crippen LogP contribution in [0.1, 0.15) is 26.2 Å². The lowest BCUT2D eigenvalue weighted by atomic mass is 9.84. The fourth-order valence-corrected chi connectivity index (χ4v) is 1.37. The molecule has 0 spiro atoms. The molecule has 0 amide bonds. The minimum absolute atomic E-state index is 0.509. The summed E-state index contributed by atoms with van der Waals surface area (Å²) in [5, 5.41) is 0. The van der Waals surface area contributed by atoms with Crippen LogP contribution in [0.4, 0.5) is 0 Å². The number of hydrogen-bond donors (Lipinski definition) is 1. The molecular weight excluding hydrogens is 110 g/mol. The molecule has 0 aromatic heterocycles. The third-order valence-electron chi connectivity index (χ3n) is 2.14. The van der Waals surface area contributed by atoms with E-state index in [9.17, 15) is 0 Å². The first kappa shape index (κ1) is 6.81. The van der Waals surface area contributed by atoms with Gasteiger partial charge in [0.15, 0.2) is 0 Å². The first-order valence-electron chi connectivity index (χ1n) is 3.62. The van der Waals surface area contributed by atoms with Gasteiger partial charge in [0.05, 0.1) is 0 Å². The smallest absolute Gasteiger partial charge is 0.00719 e. The molecule has 9 heavy (non-hydrogen) atoms. The molecule has 0 fully saturated rings. The molecule has 0 aromatic carbocycles. The molecule has 0 aliphatic heterocycles. The summed E-state index contributed by atoms with van der Waals surface area (Å²) in [6.45, 7) is 3.14. The Balaban J connectivity index is 2.36. The molecule has 1 aliphatic rings. The summed E-state index contributed by atoms with van der Waals surface area (Å²) in [5.41, 5.74) is 5.97. The molecule has 0 saturated carbocycles. The number of rotatable bonds is 2. The Labute approximate surface area is 56.9 Å². The zero-order valence-electron chi connectivity index (χ0n) is 6.06. The van der Waals surface area contributed by atoms with E-state index < -0.39 is 0 Å². The topological polar surface area (TPSA) is 26.0 Å². The molecule has 0 atom stereocenters. The highest BCUT2D eigenvalue weighted by Gasteiger charge is 2.23. The maximum atomic E-state index is 5.47. The minimum atomic E-state index is 0.509. The van der Waals surface area contributed by atoms with E-state index in [-0.39, 0.29) is 0 Å². The van der Waals surface area contributed by atoms with Crippen molar-refractivity contribution in [3.63, 3.8) is 0 Å². The van der Waals surface area contributed by atoms with Crippen molar-refractivity contribution in [3.8, 4) is 0 Å². The van der Waals surface area contributed by atoms with Gasteiger partial charge in [-0.2, -0.15) is 0 Å². The predicted octanol–water partition coefficient (Wildman–Crippen LogP) is 1.69. The van der Waals surface area contributed by atoms with Gasteiger partial charge in [0, 0.05) is 0 Å². The maximum absolute atomic E-state index is 5.47.